The van der Waals surface area contributed by atoms with Gasteiger partial charge in [0.2, 0.25) is 5.91 Å². The molecule has 9 heteroatoms. The first-order chi connectivity index (χ1) is 12.8. The van der Waals surface area contributed by atoms with Crippen LogP contribution in [-0.4, -0.2) is 30.9 Å². The molecule has 0 atom stereocenters. The summed E-state index contributed by atoms with van der Waals surface area (Å²) < 4.78 is 5.78. The molecule has 2 N–H and O–H groups in total. The summed E-state index contributed by atoms with van der Waals surface area (Å²) in [6.45, 7) is 1.07. The van der Waals surface area contributed by atoms with E-state index in [1.807, 2.05) is 13.0 Å². The van der Waals surface area contributed by atoms with Crippen LogP contribution in [0.25, 0.3) is 0 Å². The van der Waals surface area contributed by atoms with Gasteiger partial charge < -0.3 is 15.4 Å². The maximum Gasteiger partial charge on any atom is 0.338 e. The van der Waals surface area contributed by atoms with E-state index in [4.69, 9.17) is 27.9 Å². The molecule has 0 aliphatic rings. The van der Waals surface area contributed by atoms with Crippen LogP contribution in [0.4, 0.5) is 5.69 Å². The van der Waals surface area contributed by atoms with Crippen LogP contribution in [0.5, 0.6) is 0 Å². The molecule has 0 heterocycles. The van der Waals surface area contributed by atoms with Crippen molar-refractivity contribution in [3.05, 3.63) is 62.0 Å². The fourth-order valence-electron chi connectivity index (χ4n) is 2.03. The molecule has 0 spiro atoms. The predicted molar refractivity (Wildman–Crippen MR) is 107 cm³/mol. The van der Waals surface area contributed by atoms with Gasteiger partial charge in [0.05, 0.1) is 22.2 Å². The van der Waals surface area contributed by atoms with Crippen molar-refractivity contribution in [3.63, 3.8) is 0 Å². The highest BCUT2D eigenvalue weighted by Crippen LogP contribution is 2.23. The molecule has 0 saturated heterocycles. The Bertz CT molecular complexity index is 890. The molecule has 2 amide bonds. The molecule has 0 aromatic heterocycles. The first-order valence-electron chi connectivity index (χ1n) is 7.71. The van der Waals surface area contributed by atoms with Crippen LogP contribution >= 0.6 is 39.1 Å². The maximum atomic E-state index is 11.9. The SMILES string of the molecule is Cc1cc(Br)ccc1NC(=O)CNC(=O)COC(=O)c1ccc(Cl)c(Cl)c1. The summed E-state index contributed by atoms with van der Waals surface area (Å²) in [4.78, 5) is 35.5. The normalized spacial score (nSPS) is 10.2. The molecule has 2 aromatic carbocycles. The second-order valence-electron chi connectivity index (χ2n) is 5.49. The number of halogens is 3. The Balaban J connectivity index is 1.77. The van der Waals surface area contributed by atoms with Crippen LogP contribution in [0.15, 0.2) is 40.9 Å². The van der Waals surface area contributed by atoms with E-state index in [1.54, 1.807) is 12.1 Å². The highest BCUT2D eigenvalue weighted by atomic mass is 79.9. The smallest absolute Gasteiger partial charge is 0.338 e. The lowest BCUT2D eigenvalue weighted by Gasteiger charge is -2.10. The summed E-state index contributed by atoms with van der Waals surface area (Å²) in [5.41, 5.74) is 1.68. The number of carbonyl (C=O) groups is 3. The first-order valence-corrected chi connectivity index (χ1v) is 9.26. The molecular weight excluding hydrogens is 459 g/mol. The van der Waals surface area contributed by atoms with Crippen LogP contribution in [0.2, 0.25) is 10.0 Å². The third-order valence-corrected chi connectivity index (χ3v) is 4.63. The number of ether oxygens (including phenoxy) is 1. The maximum absolute atomic E-state index is 11.9. The molecule has 0 fully saturated rings. The van der Waals surface area contributed by atoms with Gasteiger partial charge in [-0.25, -0.2) is 4.79 Å². The van der Waals surface area contributed by atoms with Gasteiger partial charge in [-0.2, -0.15) is 0 Å². The third-order valence-electron chi connectivity index (χ3n) is 3.40. The lowest BCUT2D eigenvalue weighted by atomic mass is 10.2. The lowest BCUT2D eigenvalue weighted by Crippen LogP contribution is -2.35. The van der Waals surface area contributed by atoms with E-state index >= 15 is 0 Å². The Morgan fingerprint density at radius 2 is 1.78 bits per heavy atom. The molecule has 27 heavy (non-hydrogen) atoms. The van der Waals surface area contributed by atoms with Crippen LogP contribution in [-0.2, 0) is 14.3 Å². The van der Waals surface area contributed by atoms with Gasteiger partial charge in [0.1, 0.15) is 0 Å². The zero-order chi connectivity index (χ0) is 20.0. The molecule has 6 nitrogen and oxygen atoms in total. The summed E-state index contributed by atoms with van der Waals surface area (Å²) in [5.74, 6) is -1.73. The van der Waals surface area contributed by atoms with Crippen LogP contribution < -0.4 is 10.6 Å². The minimum Gasteiger partial charge on any atom is -0.452 e. The highest BCUT2D eigenvalue weighted by molar-refractivity contribution is 9.10. The van der Waals surface area contributed by atoms with Crippen molar-refractivity contribution >= 4 is 62.6 Å². The van der Waals surface area contributed by atoms with Crippen molar-refractivity contribution in [1.82, 2.24) is 5.32 Å². The van der Waals surface area contributed by atoms with E-state index in [9.17, 15) is 14.4 Å². The topological polar surface area (TPSA) is 84.5 Å². The average molecular weight is 474 g/mol. The second-order valence-corrected chi connectivity index (χ2v) is 7.22. The van der Waals surface area contributed by atoms with E-state index in [0.29, 0.717) is 10.7 Å². The largest absolute Gasteiger partial charge is 0.452 e. The number of esters is 1. The molecule has 0 bridgehead atoms. The van der Waals surface area contributed by atoms with Gasteiger partial charge in [-0.3, -0.25) is 9.59 Å². The summed E-state index contributed by atoms with van der Waals surface area (Å²) in [5, 5.41) is 5.57. The zero-order valence-electron chi connectivity index (χ0n) is 14.1. The molecule has 2 aromatic rings. The number of hydrogen-bond acceptors (Lipinski definition) is 4. The number of amides is 2. The van der Waals surface area contributed by atoms with Crippen molar-refractivity contribution in [3.8, 4) is 0 Å². The monoisotopic (exact) mass is 472 g/mol. The number of anilines is 1. The van der Waals surface area contributed by atoms with Gasteiger partial charge in [0.15, 0.2) is 6.61 Å². The number of aryl methyl sites for hydroxylation is 1. The van der Waals surface area contributed by atoms with Crippen molar-refractivity contribution < 1.29 is 19.1 Å². The summed E-state index contributed by atoms with van der Waals surface area (Å²) >= 11 is 14.9. The van der Waals surface area contributed by atoms with Crippen LogP contribution in [0.1, 0.15) is 15.9 Å². The van der Waals surface area contributed by atoms with E-state index in [2.05, 4.69) is 26.6 Å². The first kappa shape index (κ1) is 21.2. The minimum atomic E-state index is -0.723. The Hall–Kier alpha value is -2.09. The van der Waals surface area contributed by atoms with Gasteiger partial charge in [0, 0.05) is 10.2 Å². The Morgan fingerprint density at radius 3 is 2.44 bits per heavy atom. The van der Waals surface area contributed by atoms with Gasteiger partial charge in [-0.15, -0.1) is 0 Å². The molecule has 0 aliphatic heterocycles. The number of nitrogens with one attached hydrogen (secondary N) is 2. The van der Waals surface area contributed by atoms with Crippen molar-refractivity contribution in [2.45, 2.75) is 6.92 Å². The van der Waals surface area contributed by atoms with Crippen LogP contribution in [0, 0.1) is 6.92 Å². The predicted octanol–water partition coefficient (Wildman–Crippen LogP) is 3.98. The molecule has 2 rings (SSSR count). The molecule has 0 unspecified atom stereocenters. The van der Waals surface area contributed by atoms with Crippen molar-refractivity contribution in [2.75, 3.05) is 18.5 Å². The number of rotatable bonds is 6. The van der Waals surface area contributed by atoms with Crippen molar-refractivity contribution in [2.24, 2.45) is 0 Å². The van der Waals surface area contributed by atoms with Crippen LogP contribution in [0.3, 0.4) is 0 Å². The summed E-state index contributed by atoms with van der Waals surface area (Å²) in [7, 11) is 0. The fraction of sp³-hybridized carbons (Fsp3) is 0.167. The molecule has 0 radical (unpaired) electrons. The third kappa shape index (κ3) is 6.53. The lowest BCUT2D eigenvalue weighted by molar-refractivity contribution is -0.126. The molecule has 142 valence electrons. The second kappa shape index (κ2) is 9.73. The van der Waals surface area contributed by atoms with Gasteiger partial charge in [-0.1, -0.05) is 39.1 Å². The molecular formula is C18H15BrCl2N2O4. The van der Waals surface area contributed by atoms with Crippen molar-refractivity contribution in [1.29, 1.82) is 0 Å². The summed E-state index contributed by atoms with van der Waals surface area (Å²) in [6.07, 6.45) is 0. The Labute approximate surface area is 174 Å². The van der Waals surface area contributed by atoms with Gasteiger partial charge >= 0.3 is 5.97 Å². The van der Waals surface area contributed by atoms with E-state index in [0.717, 1.165) is 10.0 Å². The van der Waals surface area contributed by atoms with Gasteiger partial charge in [0.25, 0.3) is 5.91 Å². The number of benzene rings is 2. The zero-order valence-corrected chi connectivity index (χ0v) is 17.2. The minimum absolute atomic E-state index is 0.167. The number of hydrogen-bond donors (Lipinski definition) is 2. The highest BCUT2D eigenvalue weighted by Gasteiger charge is 2.13. The van der Waals surface area contributed by atoms with E-state index < -0.39 is 24.4 Å². The van der Waals surface area contributed by atoms with E-state index in [1.165, 1.54) is 18.2 Å². The van der Waals surface area contributed by atoms with Gasteiger partial charge in [-0.05, 0) is 48.9 Å². The standard InChI is InChI=1S/C18H15BrCl2N2O4/c1-10-6-12(19)3-5-15(10)23-16(24)8-22-17(25)9-27-18(26)11-2-4-13(20)14(21)7-11/h2-7H,8-9H2,1H3,(H,22,25)(H,23,24). The van der Waals surface area contributed by atoms with E-state index in [-0.39, 0.29) is 17.1 Å². The quantitative estimate of drug-likeness (QED) is 0.621. The molecule has 0 saturated carbocycles. The average Bonchev–Trinajstić information content (AvgIpc) is 2.62. The Kier molecular flexibility index (Phi) is 7.65. The Morgan fingerprint density at radius 1 is 1.04 bits per heavy atom. The number of carbonyl (C=O) groups excluding carboxylic acids is 3. The summed E-state index contributed by atoms with van der Waals surface area (Å²) in [6, 6.07) is 9.63. The fourth-order valence-corrected chi connectivity index (χ4v) is 2.80. The molecule has 0 aliphatic carbocycles.